The highest BCUT2D eigenvalue weighted by Gasteiger charge is 2.09. The van der Waals surface area contributed by atoms with Gasteiger partial charge in [-0.2, -0.15) is 0 Å². The van der Waals surface area contributed by atoms with E-state index < -0.39 is 11.4 Å². The molecule has 3 rings (SSSR count). The van der Waals surface area contributed by atoms with Crippen molar-refractivity contribution >= 4 is 22.5 Å². The Kier molecular flexibility index (Phi) is 16.2. The van der Waals surface area contributed by atoms with Crippen LogP contribution in [-0.4, -0.2) is 61.3 Å². The lowest BCUT2D eigenvalue weighted by molar-refractivity contribution is 0.0949. The van der Waals surface area contributed by atoms with Gasteiger partial charge in [0.1, 0.15) is 0 Å². The number of likely N-dealkylation sites (N-methyl/N-ethyl adjacent to an activating group) is 1. The maximum atomic E-state index is 12.1. The van der Waals surface area contributed by atoms with Crippen molar-refractivity contribution in [3.05, 3.63) is 75.1 Å². The van der Waals surface area contributed by atoms with E-state index in [1.54, 1.807) is 48.5 Å². The number of nitrogens with two attached hydrogens (primary N) is 2. The molecule has 1 aromatic heterocycles. The van der Waals surface area contributed by atoms with Gasteiger partial charge in [0.25, 0.3) is 5.91 Å². The van der Waals surface area contributed by atoms with Crippen LogP contribution in [0.1, 0.15) is 30.6 Å². The summed E-state index contributed by atoms with van der Waals surface area (Å²) >= 11 is 0. The van der Waals surface area contributed by atoms with E-state index in [0.29, 0.717) is 48.2 Å². The number of benzene rings is 2. The average molecular weight is 490 g/mol. The van der Waals surface area contributed by atoms with Crippen molar-refractivity contribution in [2.75, 3.05) is 46.6 Å². The number of nitrogen functional groups attached to an aromatic ring is 1. The molecule has 2 aromatic carbocycles. The van der Waals surface area contributed by atoms with Crippen molar-refractivity contribution in [3.8, 4) is 0 Å². The van der Waals surface area contributed by atoms with Crippen LogP contribution >= 0.6 is 0 Å². The second-order valence-corrected chi connectivity index (χ2v) is 6.86. The normalized spacial score (nSPS) is 9.71. The fraction of sp³-hybridized carbons (Fsp3) is 0.400. The Morgan fingerprint density at radius 2 is 1.63 bits per heavy atom. The highest BCUT2D eigenvalue weighted by molar-refractivity contribution is 5.94. The maximum absolute atomic E-state index is 12.1. The molecular weight excluding hydrogens is 450 g/mol. The van der Waals surface area contributed by atoms with Crippen LogP contribution in [0.2, 0.25) is 0 Å². The lowest BCUT2D eigenvalue weighted by Crippen LogP contribution is -2.34. The molecular formula is C25H39N5O5. The number of aliphatic hydroxyl groups is 1. The predicted octanol–water partition coefficient (Wildman–Crippen LogP) is 1.50. The van der Waals surface area contributed by atoms with Gasteiger partial charge in [0.05, 0.1) is 10.9 Å². The Morgan fingerprint density at radius 3 is 2.26 bits per heavy atom. The fourth-order valence-corrected chi connectivity index (χ4v) is 3.09. The van der Waals surface area contributed by atoms with E-state index in [-0.39, 0.29) is 5.91 Å². The second-order valence-electron chi connectivity index (χ2n) is 6.86. The van der Waals surface area contributed by atoms with Crippen LogP contribution in [0.25, 0.3) is 10.9 Å². The van der Waals surface area contributed by atoms with Crippen molar-refractivity contribution in [1.29, 1.82) is 0 Å². The SMILES string of the molecule is CC.CN.CN(CCCn1c(=O)oc(=O)c2ccccc21)CCNC(=O)c1ccc(N)cc1.CO. The minimum atomic E-state index is -0.646. The molecule has 0 atom stereocenters. The minimum Gasteiger partial charge on any atom is -0.400 e. The molecule has 3 aromatic rings. The van der Waals surface area contributed by atoms with E-state index >= 15 is 0 Å². The summed E-state index contributed by atoms with van der Waals surface area (Å²) in [6.45, 7) is 6.33. The standard InChI is InChI=1S/C21H24N4O4.C2H6.CH5N.CH4O/c1-24(14-11-23-19(26)15-7-9-16(22)10-8-15)12-4-13-25-18-6-3-2-5-17(18)20(27)29-21(25)28;3*1-2/h2-3,5-10H,4,11-14,22H2,1H3,(H,23,26);1-2H3;2H2,1H3;2H,1H3. The molecule has 0 aliphatic rings. The van der Waals surface area contributed by atoms with Gasteiger partial charge in [0.2, 0.25) is 0 Å². The molecule has 0 radical (unpaired) electrons. The number of hydrogen-bond donors (Lipinski definition) is 4. The van der Waals surface area contributed by atoms with Gasteiger partial charge < -0.3 is 31.2 Å². The molecule has 0 bridgehead atoms. The number of aromatic nitrogens is 1. The minimum absolute atomic E-state index is 0.143. The molecule has 1 heterocycles. The van der Waals surface area contributed by atoms with Gasteiger partial charge in [-0.25, -0.2) is 9.59 Å². The molecule has 0 saturated heterocycles. The summed E-state index contributed by atoms with van der Waals surface area (Å²) in [5.74, 6) is -0.789. The highest BCUT2D eigenvalue weighted by atomic mass is 16.4. The first-order valence-electron chi connectivity index (χ1n) is 11.4. The van der Waals surface area contributed by atoms with Crippen molar-refractivity contribution in [1.82, 2.24) is 14.8 Å². The third-order valence-corrected chi connectivity index (χ3v) is 4.69. The number of nitrogens with zero attached hydrogens (tertiary/aromatic N) is 2. The number of fused-ring (bicyclic) bond motifs is 1. The van der Waals surface area contributed by atoms with Crippen molar-refractivity contribution in [3.63, 3.8) is 0 Å². The van der Waals surface area contributed by atoms with Gasteiger partial charge in [0, 0.05) is 38.0 Å². The summed E-state index contributed by atoms with van der Waals surface area (Å²) in [7, 11) is 4.45. The summed E-state index contributed by atoms with van der Waals surface area (Å²) in [6.07, 6.45) is 0.694. The Hall–Kier alpha value is -3.47. The van der Waals surface area contributed by atoms with Crippen LogP contribution in [0.15, 0.2) is 62.5 Å². The summed E-state index contributed by atoms with van der Waals surface area (Å²) in [6, 6.07) is 13.7. The molecule has 0 spiro atoms. The first-order valence-corrected chi connectivity index (χ1v) is 11.4. The Bertz CT molecular complexity index is 1110. The number of nitrogens with one attached hydrogen (secondary N) is 1. The maximum Gasteiger partial charge on any atom is 0.422 e. The van der Waals surface area contributed by atoms with Crippen LogP contribution in [0, 0.1) is 0 Å². The van der Waals surface area contributed by atoms with Gasteiger partial charge in [-0.3, -0.25) is 9.36 Å². The molecule has 0 saturated carbocycles. The Labute approximate surface area is 206 Å². The van der Waals surface area contributed by atoms with E-state index in [1.807, 2.05) is 20.9 Å². The largest absolute Gasteiger partial charge is 0.422 e. The smallest absolute Gasteiger partial charge is 0.400 e. The summed E-state index contributed by atoms with van der Waals surface area (Å²) < 4.78 is 6.28. The van der Waals surface area contributed by atoms with E-state index in [2.05, 4.69) is 16.0 Å². The predicted molar refractivity (Wildman–Crippen MR) is 142 cm³/mol. The van der Waals surface area contributed by atoms with Crippen molar-refractivity contribution in [2.24, 2.45) is 5.73 Å². The molecule has 194 valence electrons. The van der Waals surface area contributed by atoms with Gasteiger partial charge in [-0.05, 0) is 63.5 Å². The van der Waals surface area contributed by atoms with Crippen molar-refractivity contribution in [2.45, 2.75) is 26.8 Å². The number of rotatable bonds is 8. The molecule has 35 heavy (non-hydrogen) atoms. The zero-order chi connectivity index (χ0) is 26.8. The molecule has 10 heteroatoms. The molecule has 10 nitrogen and oxygen atoms in total. The molecule has 0 fully saturated rings. The third kappa shape index (κ3) is 10.1. The van der Waals surface area contributed by atoms with Gasteiger partial charge in [-0.15, -0.1) is 0 Å². The molecule has 0 aliphatic heterocycles. The van der Waals surface area contributed by atoms with Crippen LogP contribution in [0.5, 0.6) is 0 Å². The van der Waals surface area contributed by atoms with E-state index in [0.717, 1.165) is 13.7 Å². The topological polar surface area (TPSA) is 157 Å². The van der Waals surface area contributed by atoms with Crippen LogP contribution in [0.3, 0.4) is 0 Å². The van der Waals surface area contributed by atoms with Gasteiger partial charge >= 0.3 is 11.4 Å². The first kappa shape index (κ1) is 31.5. The average Bonchev–Trinajstić information content (AvgIpc) is 2.90. The van der Waals surface area contributed by atoms with Crippen LogP contribution in [-0.2, 0) is 6.54 Å². The Balaban J connectivity index is 0.00000179. The lowest BCUT2D eigenvalue weighted by Gasteiger charge is -2.17. The number of carbonyl (C=O) groups excluding carboxylic acids is 1. The van der Waals surface area contributed by atoms with Crippen molar-refractivity contribution < 1.29 is 14.3 Å². The number of carbonyl (C=O) groups is 1. The van der Waals surface area contributed by atoms with E-state index in [1.165, 1.54) is 11.6 Å². The molecule has 6 N–H and O–H groups in total. The quantitative estimate of drug-likeness (QED) is 0.347. The monoisotopic (exact) mass is 489 g/mol. The van der Waals surface area contributed by atoms with Gasteiger partial charge in [0.15, 0.2) is 0 Å². The molecule has 1 amide bonds. The zero-order valence-electron chi connectivity index (χ0n) is 21.3. The number of anilines is 1. The van der Waals surface area contributed by atoms with E-state index in [4.69, 9.17) is 15.3 Å². The van der Waals surface area contributed by atoms with E-state index in [9.17, 15) is 14.4 Å². The number of hydrogen-bond acceptors (Lipinski definition) is 8. The summed E-state index contributed by atoms with van der Waals surface area (Å²) in [5, 5.41) is 10.3. The fourth-order valence-electron chi connectivity index (χ4n) is 3.09. The number of aryl methyl sites for hydroxylation is 1. The highest BCUT2D eigenvalue weighted by Crippen LogP contribution is 2.08. The number of para-hydroxylation sites is 1. The van der Waals surface area contributed by atoms with Crippen LogP contribution in [0.4, 0.5) is 5.69 Å². The Morgan fingerprint density at radius 1 is 1.03 bits per heavy atom. The number of amides is 1. The summed E-state index contributed by atoms with van der Waals surface area (Å²) in [5.41, 5.74) is 11.3. The lowest BCUT2D eigenvalue weighted by atomic mass is 10.2. The zero-order valence-corrected chi connectivity index (χ0v) is 21.3. The first-order chi connectivity index (χ1) is 17.0. The summed E-state index contributed by atoms with van der Waals surface area (Å²) in [4.78, 5) is 38.0. The second kappa shape index (κ2) is 17.9. The van der Waals surface area contributed by atoms with Crippen LogP contribution < -0.4 is 28.2 Å². The number of aliphatic hydroxyl groups excluding tert-OH is 1. The third-order valence-electron chi connectivity index (χ3n) is 4.69. The van der Waals surface area contributed by atoms with Gasteiger partial charge in [-0.1, -0.05) is 26.0 Å². The molecule has 0 unspecified atom stereocenters. The molecule has 0 aliphatic carbocycles.